The Morgan fingerprint density at radius 2 is 1.75 bits per heavy atom. The molecule has 0 spiro atoms. The molecule has 5 N–H and O–H groups in total. The maximum absolute atomic E-state index is 12.5. The van der Waals surface area contributed by atoms with Gasteiger partial charge in [0.2, 0.25) is 0 Å². The largest absolute Gasteiger partial charge is 0.573 e. The highest BCUT2D eigenvalue weighted by molar-refractivity contribution is 6.02. The molecular weight excluding hydrogens is 325 g/mol. The van der Waals surface area contributed by atoms with Crippen molar-refractivity contribution in [2.45, 2.75) is 6.36 Å². The monoisotopic (exact) mass is 338 g/mol. The zero-order valence-electron chi connectivity index (χ0n) is 12.1. The van der Waals surface area contributed by atoms with Crippen molar-refractivity contribution >= 4 is 17.4 Å². The highest BCUT2D eigenvalue weighted by Crippen LogP contribution is 2.32. The number of rotatable bonds is 5. The minimum Gasteiger partial charge on any atom is -0.403 e. The molecule has 0 bridgehead atoms. The average Bonchev–Trinajstić information content (AvgIpc) is 2.52. The van der Waals surface area contributed by atoms with Crippen LogP contribution in [-0.2, 0) is 0 Å². The molecule has 2 rings (SSSR count). The van der Waals surface area contributed by atoms with E-state index in [0.717, 1.165) is 6.07 Å². The number of carbonyl (C=O) groups is 1. The summed E-state index contributed by atoms with van der Waals surface area (Å²) in [6, 6.07) is 11.7. The van der Waals surface area contributed by atoms with Gasteiger partial charge in [0, 0.05) is 11.1 Å². The maximum Gasteiger partial charge on any atom is 0.573 e. The molecule has 1 amide bonds. The van der Waals surface area contributed by atoms with Crippen molar-refractivity contribution in [2.75, 3.05) is 5.43 Å². The molecule has 9 heteroatoms. The molecule has 0 radical (unpaired) electrons. The Morgan fingerprint density at radius 1 is 1.08 bits per heavy atom. The topological polar surface area (TPSA) is 100 Å². The van der Waals surface area contributed by atoms with Gasteiger partial charge in [0.1, 0.15) is 11.5 Å². The molecule has 0 aromatic heterocycles. The molecule has 24 heavy (non-hydrogen) atoms. The van der Waals surface area contributed by atoms with Crippen molar-refractivity contribution in [3.63, 3.8) is 0 Å². The van der Waals surface area contributed by atoms with Crippen molar-refractivity contribution < 1.29 is 22.7 Å². The summed E-state index contributed by atoms with van der Waals surface area (Å²) >= 11 is 0. The number of nitrogen functional groups attached to an aromatic ring is 1. The summed E-state index contributed by atoms with van der Waals surface area (Å²) in [5.74, 6) is -1.69. The molecule has 0 saturated carbocycles. The molecule has 0 unspecified atom stereocenters. The van der Waals surface area contributed by atoms with Gasteiger partial charge in [-0.2, -0.15) is 0 Å². The number of halogens is 3. The van der Waals surface area contributed by atoms with Crippen LogP contribution >= 0.6 is 0 Å². The van der Waals surface area contributed by atoms with E-state index in [-0.39, 0.29) is 11.3 Å². The predicted octanol–water partition coefficient (Wildman–Crippen LogP) is 2.63. The summed E-state index contributed by atoms with van der Waals surface area (Å²) in [4.78, 5) is 12.0. The molecule has 0 aliphatic rings. The molecule has 2 aromatic carbocycles. The SMILES string of the molecule is N=C(N)c1cccc(OC(F)(F)F)c1NNC(=O)c1ccccc1. The van der Waals surface area contributed by atoms with Crippen molar-refractivity contribution in [3.8, 4) is 5.75 Å². The number of alkyl halides is 3. The molecule has 2 aromatic rings. The number of hydrogen-bond acceptors (Lipinski definition) is 4. The standard InChI is InChI=1S/C15H13F3N4O2/c16-15(17,18)24-11-8-4-7-10(13(19)20)12(11)21-22-14(23)9-5-2-1-3-6-9/h1-8,21H,(H3,19,20)(H,22,23). The Kier molecular flexibility index (Phi) is 4.93. The van der Waals surface area contributed by atoms with Crippen LogP contribution in [0.15, 0.2) is 48.5 Å². The second-order valence-corrected chi connectivity index (χ2v) is 4.59. The van der Waals surface area contributed by atoms with Crippen molar-refractivity contribution in [1.29, 1.82) is 5.41 Å². The van der Waals surface area contributed by atoms with E-state index < -0.39 is 23.9 Å². The predicted molar refractivity (Wildman–Crippen MR) is 81.7 cm³/mol. The van der Waals surface area contributed by atoms with Gasteiger partial charge in [-0.3, -0.25) is 21.1 Å². The molecule has 0 saturated heterocycles. The highest BCUT2D eigenvalue weighted by atomic mass is 19.4. The van der Waals surface area contributed by atoms with Crippen LogP contribution in [0.25, 0.3) is 0 Å². The number of benzene rings is 2. The average molecular weight is 338 g/mol. The zero-order chi connectivity index (χ0) is 17.7. The van der Waals surface area contributed by atoms with E-state index in [1.165, 1.54) is 24.3 Å². The second-order valence-electron chi connectivity index (χ2n) is 4.59. The van der Waals surface area contributed by atoms with Gasteiger partial charge in [-0.25, -0.2) is 0 Å². The van der Waals surface area contributed by atoms with Crippen molar-refractivity contribution in [2.24, 2.45) is 5.73 Å². The van der Waals surface area contributed by atoms with Gasteiger partial charge in [0.25, 0.3) is 5.91 Å². The van der Waals surface area contributed by atoms with Crippen LogP contribution in [0, 0.1) is 5.41 Å². The van der Waals surface area contributed by atoms with Gasteiger partial charge in [-0.15, -0.1) is 13.2 Å². The lowest BCUT2D eigenvalue weighted by Gasteiger charge is -2.18. The maximum atomic E-state index is 12.5. The first kappa shape index (κ1) is 17.1. The number of hydrazine groups is 1. The first-order valence-corrected chi connectivity index (χ1v) is 6.62. The van der Waals surface area contributed by atoms with Gasteiger partial charge in [0.15, 0.2) is 5.75 Å². The Balaban J connectivity index is 2.27. The number of ether oxygens (including phenoxy) is 1. The molecule has 126 valence electrons. The molecule has 0 atom stereocenters. The number of nitrogens with two attached hydrogens (primary N) is 1. The van der Waals surface area contributed by atoms with Crippen LogP contribution in [0.2, 0.25) is 0 Å². The fourth-order valence-corrected chi connectivity index (χ4v) is 1.88. The Labute approximate surface area is 134 Å². The summed E-state index contributed by atoms with van der Waals surface area (Å²) in [6.45, 7) is 0. The van der Waals surface area contributed by atoms with Crippen LogP contribution < -0.4 is 21.3 Å². The third-order valence-corrected chi connectivity index (χ3v) is 2.88. The quantitative estimate of drug-likeness (QED) is 0.382. The van der Waals surface area contributed by atoms with Gasteiger partial charge in [-0.1, -0.05) is 24.3 Å². The number of anilines is 1. The Morgan fingerprint density at radius 3 is 2.33 bits per heavy atom. The third kappa shape index (κ3) is 4.38. The van der Waals surface area contributed by atoms with Crippen LogP contribution in [0.3, 0.4) is 0 Å². The van der Waals surface area contributed by atoms with Crippen molar-refractivity contribution in [3.05, 3.63) is 59.7 Å². The van der Waals surface area contributed by atoms with E-state index >= 15 is 0 Å². The summed E-state index contributed by atoms with van der Waals surface area (Å²) < 4.78 is 41.4. The highest BCUT2D eigenvalue weighted by Gasteiger charge is 2.32. The Hall–Kier alpha value is -3.23. The number of hydrogen-bond donors (Lipinski definition) is 4. The van der Waals surface area contributed by atoms with Gasteiger partial charge in [-0.05, 0) is 24.3 Å². The molecular formula is C15H13F3N4O2. The number of para-hydroxylation sites is 1. The van der Waals surface area contributed by atoms with Crippen LogP contribution in [0.1, 0.15) is 15.9 Å². The fraction of sp³-hybridized carbons (Fsp3) is 0.0667. The Bertz CT molecular complexity index is 748. The lowest BCUT2D eigenvalue weighted by atomic mass is 10.1. The number of amides is 1. The van der Waals surface area contributed by atoms with E-state index in [2.05, 4.69) is 15.6 Å². The van der Waals surface area contributed by atoms with E-state index in [1.807, 2.05) is 0 Å². The van der Waals surface area contributed by atoms with Gasteiger partial charge in [0.05, 0.1) is 0 Å². The number of nitrogens with one attached hydrogen (secondary N) is 3. The minimum atomic E-state index is -4.94. The smallest absolute Gasteiger partial charge is 0.403 e. The normalized spacial score (nSPS) is 10.8. The first-order chi connectivity index (χ1) is 11.3. The number of amidine groups is 1. The molecule has 0 aliphatic carbocycles. The van der Waals surface area contributed by atoms with Gasteiger partial charge < -0.3 is 10.5 Å². The third-order valence-electron chi connectivity index (χ3n) is 2.88. The molecule has 0 fully saturated rings. The van der Waals surface area contributed by atoms with Crippen LogP contribution in [0.4, 0.5) is 18.9 Å². The molecule has 0 aliphatic heterocycles. The van der Waals surface area contributed by atoms with Gasteiger partial charge >= 0.3 is 6.36 Å². The molecule has 6 nitrogen and oxygen atoms in total. The molecule has 0 heterocycles. The summed E-state index contributed by atoms with van der Waals surface area (Å²) in [5, 5.41) is 7.44. The van der Waals surface area contributed by atoms with E-state index in [4.69, 9.17) is 11.1 Å². The van der Waals surface area contributed by atoms with E-state index in [0.29, 0.717) is 5.56 Å². The minimum absolute atomic E-state index is 0.0508. The van der Waals surface area contributed by atoms with E-state index in [9.17, 15) is 18.0 Å². The van der Waals surface area contributed by atoms with Crippen LogP contribution in [-0.4, -0.2) is 18.1 Å². The lowest BCUT2D eigenvalue weighted by molar-refractivity contribution is -0.274. The fourth-order valence-electron chi connectivity index (χ4n) is 1.88. The first-order valence-electron chi connectivity index (χ1n) is 6.62. The lowest BCUT2D eigenvalue weighted by Crippen LogP contribution is -2.31. The summed E-state index contributed by atoms with van der Waals surface area (Å²) in [7, 11) is 0. The van der Waals surface area contributed by atoms with Crippen LogP contribution in [0.5, 0.6) is 5.75 Å². The van der Waals surface area contributed by atoms with E-state index in [1.54, 1.807) is 18.2 Å². The summed E-state index contributed by atoms with van der Waals surface area (Å²) in [5.41, 5.74) is 9.92. The van der Waals surface area contributed by atoms with Crippen molar-refractivity contribution in [1.82, 2.24) is 5.43 Å². The zero-order valence-corrected chi connectivity index (χ0v) is 12.1. The second kappa shape index (κ2) is 6.90. The summed E-state index contributed by atoms with van der Waals surface area (Å²) in [6.07, 6.45) is -4.94. The number of carbonyl (C=O) groups excluding carboxylic acids is 1.